The van der Waals surface area contributed by atoms with Gasteiger partial charge in [0.2, 0.25) is 17.7 Å². The van der Waals surface area contributed by atoms with Gasteiger partial charge in [-0.25, -0.2) is 4.79 Å². The quantitative estimate of drug-likeness (QED) is 0.0678. The van der Waals surface area contributed by atoms with Crippen LogP contribution in [0, 0.1) is 0 Å². The molecule has 0 fully saturated rings. The van der Waals surface area contributed by atoms with E-state index in [2.05, 4.69) is 20.9 Å². The molecule has 0 rings (SSSR count). The molecule has 184 valence electrons. The lowest BCUT2D eigenvalue weighted by molar-refractivity contribution is -0.143. The fraction of sp³-hybridized carbons (Fsp3) is 0.722. The molecular formula is C18H35N7O6S. The highest BCUT2D eigenvalue weighted by molar-refractivity contribution is 7.98. The van der Waals surface area contributed by atoms with Gasteiger partial charge < -0.3 is 43.4 Å². The number of aliphatic imine (C=N–C) groups is 1. The third-order valence-electron chi connectivity index (χ3n) is 4.34. The minimum Gasteiger partial charge on any atom is -0.480 e. The number of hydrogen-bond acceptors (Lipinski definition) is 8. The minimum absolute atomic E-state index is 0.0658. The fourth-order valence-corrected chi connectivity index (χ4v) is 2.95. The lowest BCUT2D eigenvalue weighted by Crippen LogP contribution is -2.59. The average molecular weight is 478 g/mol. The maximum atomic E-state index is 12.5. The number of nitrogens with zero attached hydrogens (tertiary/aromatic N) is 1. The van der Waals surface area contributed by atoms with Crippen LogP contribution in [0.15, 0.2) is 4.99 Å². The molecule has 0 aliphatic carbocycles. The van der Waals surface area contributed by atoms with Gasteiger partial charge in [-0.05, 0) is 45.1 Å². The molecule has 0 heterocycles. The van der Waals surface area contributed by atoms with Gasteiger partial charge in [-0.2, -0.15) is 11.8 Å². The van der Waals surface area contributed by atoms with Crippen molar-refractivity contribution < 1.29 is 29.4 Å². The van der Waals surface area contributed by atoms with Crippen molar-refractivity contribution >= 4 is 41.4 Å². The Morgan fingerprint density at radius 3 is 2.12 bits per heavy atom. The number of amides is 3. The number of guanidine groups is 1. The second-order valence-corrected chi connectivity index (χ2v) is 8.18. The number of carboxylic acids is 1. The van der Waals surface area contributed by atoms with E-state index in [9.17, 15) is 29.4 Å². The van der Waals surface area contributed by atoms with Crippen LogP contribution in [0.4, 0.5) is 0 Å². The molecule has 32 heavy (non-hydrogen) atoms. The Kier molecular flexibility index (Phi) is 14.0. The van der Waals surface area contributed by atoms with Crippen LogP contribution in [0.5, 0.6) is 0 Å². The van der Waals surface area contributed by atoms with Crippen molar-refractivity contribution in [3.05, 3.63) is 0 Å². The summed E-state index contributed by atoms with van der Waals surface area (Å²) in [5.41, 5.74) is 16.2. The highest BCUT2D eigenvalue weighted by Crippen LogP contribution is 2.03. The predicted octanol–water partition coefficient (Wildman–Crippen LogP) is -2.94. The standard InChI is InChI=1S/C18H35N7O6S/c1-9(23-15(28)11(19)5-4-7-22-18(20)21)14(27)25-13(10(2)26)16(29)24-12(17(30)31)6-8-32-3/h9-13,26H,4-8,19H2,1-3H3,(H,23,28)(H,24,29)(H,25,27)(H,30,31)(H4,20,21,22). The van der Waals surface area contributed by atoms with Crippen LogP contribution in [-0.4, -0.2) is 88.7 Å². The summed E-state index contributed by atoms with van der Waals surface area (Å²) in [6.07, 6.45) is 1.40. The Morgan fingerprint density at radius 1 is 1.00 bits per heavy atom. The van der Waals surface area contributed by atoms with Crippen molar-refractivity contribution in [3.63, 3.8) is 0 Å². The van der Waals surface area contributed by atoms with E-state index >= 15 is 0 Å². The zero-order chi connectivity index (χ0) is 24.8. The van der Waals surface area contributed by atoms with E-state index in [0.717, 1.165) is 0 Å². The maximum absolute atomic E-state index is 12.5. The molecular weight excluding hydrogens is 442 g/mol. The monoisotopic (exact) mass is 477 g/mol. The average Bonchev–Trinajstić information content (AvgIpc) is 2.70. The molecule has 0 aliphatic heterocycles. The van der Waals surface area contributed by atoms with Crippen LogP contribution in [0.25, 0.3) is 0 Å². The van der Waals surface area contributed by atoms with E-state index in [0.29, 0.717) is 18.7 Å². The summed E-state index contributed by atoms with van der Waals surface area (Å²) in [6, 6.07) is -4.54. The van der Waals surface area contributed by atoms with Crippen LogP contribution < -0.4 is 33.2 Å². The molecule has 13 nitrogen and oxygen atoms in total. The van der Waals surface area contributed by atoms with Crippen molar-refractivity contribution in [1.82, 2.24) is 16.0 Å². The second-order valence-electron chi connectivity index (χ2n) is 7.19. The zero-order valence-corrected chi connectivity index (χ0v) is 19.4. The first-order valence-electron chi connectivity index (χ1n) is 10.0. The fourth-order valence-electron chi connectivity index (χ4n) is 2.47. The lowest BCUT2D eigenvalue weighted by Gasteiger charge is -2.25. The lowest BCUT2D eigenvalue weighted by atomic mass is 10.1. The van der Waals surface area contributed by atoms with Crippen molar-refractivity contribution in [1.29, 1.82) is 0 Å². The molecule has 0 aromatic rings. The first-order valence-corrected chi connectivity index (χ1v) is 11.4. The van der Waals surface area contributed by atoms with Gasteiger partial charge in [-0.1, -0.05) is 0 Å². The molecule has 0 spiro atoms. The Balaban J connectivity index is 4.85. The number of carbonyl (C=O) groups excluding carboxylic acids is 3. The highest BCUT2D eigenvalue weighted by Gasteiger charge is 2.31. The number of carboxylic acid groups (broad SMARTS) is 1. The highest BCUT2D eigenvalue weighted by atomic mass is 32.2. The van der Waals surface area contributed by atoms with Gasteiger partial charge in [0.05, 0.1) is 12.1 Å². The van der Waals surface area contributed by atoms with Crippen molar-refractivity contribution in [2.75, 3.05) is 18.6 Å². The van der Waals surface area contributed by atoms with Crippen molar-refractivity contribution in [3.8, 4) is 0 Å². The summed E-state index contributed by atoms with van der Waals surface area (Å²) in [6.45, 7) is 2.96. The van der Waals surface area contributed by atoms with Crippen LogP contribution in [0.2, 0.25) is 0 Å². The third-order valence-corrected chi connectivity index (χ3v) is 4.99. The maximum Gasteiger partial charge on any atom is 0.326 e. The first-order chi connectivity index (χ1) is 14.9. The Morgan fingerprint density at radius 2 is 1.62 bits per heavy atom. The number of nitrogens with one attached hydrogen (secondary N) is 3. The van der Waals surface area contributed by atoms with E-state index < -0.39 is 54.0 Å². The van der Waals surface area contributed by atoms with Gasteiger partial charge in [0.25, 0.3) is 0 Å². The van der Waals surface area contributed by atoms with E-state index in [1.54, 1.807) is 6.26 Å². The van der Waals surface area contributed by atoms with Gasteiger partial charge in [0, 0.05) is 6.54 Å². The second kappa shape index (κ2) is 15.3. The van der Waals surface area contributed by atoms with Crippen LogP contribution >= 0.6 is 11.8 Å². The largest absolute Gasteiger partial charge is 0.480 e. The van der Waals surface area contributed by atoms with E-state index in [4.69, 9.17) is 17.2 Å². The number of hydrogen-bond donors (Lipinski definition) is 8. The summed E-state index contributed by atoms with van der Waals surface area (Å²) in [4.78, 5) is 52.1. The SMILES string of the molecule is CSCCC(NC(=O)C(NC(=O)C(C)NC(=O)C(N)CCCN=C(N)N)C(C)O)C(=O)O. The van der Waals surface area contributed by atoms with Gasteiger partial charge in [-0.3, -0.25) is 19.4 Å². The Labute approximate surface area is 191 Å². The number of nitrogens with two attached hydrogens (primary N) is 3. The number of carbonyl (C=O) groups is 4. The summed E-state index contributed by atoms with van der Waals surface area (Å²) in [5, 5.41) is 26.2. The smallest absolute Gasteiger partial charge is 0.326 e. The molecule has 3 amide bonds. The van der Waals surface area contributed by atoms with Gasteiger partial charge in [0.15, 0.2) is 5.96 Å². The zero-order valence-electron chi connectivity index (χ0n) is 18.5. The molecule has 0 aromatic carbocycles. The van der Waals surface area contributed by atoms with Crippen molar-refractivity contribution in [2.45, 2.75) is 63.4 Å². The molecule has 0 saturated heterocycles. The topological polar surface area (TPSA) is 235 Å². The number of aliphatic hydroxyl groups is 1. The number of thioether (sulfide) groups is 1. The molecule has 0 radical (unpaired) electrons. The van der Waals surface area contributed by atoms with E-state index in [1.165, 1.54) is 25.6 Å². The molecule has 5 atom stereocenters. The summed E-state index contributed by atoms with van der Waals surface area (Å²) in [7, 11) is 0. The Bertz CT molecular complexity index is 672. The molecule has 0 aromatic heterocycles. The van der Waals surface area contributed by atoms with Gasteiger partial charge in [0.1, 0.15) is 18.1 Å². The first kappa shape index (κ1) is 29.4. The van der Waals surface area contributed by atoms with Gasteiger partial charge in [-0.15, -0.1) is 0 Å². The third kappa shape index (κ3) is 11.7. The Hall–Kier alpha value is -2.58. The van der Waals surface area contributed by atoms with Crippen LogP contribution in [-0.2, 0) is 19.2 Å². The normalized spacial score (nSPS) is 15.4. The minimum atomic E-state index is -1.41. The van der Waals surface area contributed by atoms with Crippen LogP contribution in [0.3, 0.4) is 0 Å². The summed E-state index contributed by atoms with van der Waals surface area (Å²) in [5.74, 6) is -2.97. The van der Waals surface area contributed by atoms with E-state index in [1.807, 2.05) is 0 Å². The van der Waals surface area contributed by atoms with Crippen molar-refractivity contribution in [2.24, 2.45) is 22.2 Å². The molecule has 0 aliphatic rings. The molecule has 5 unspecified atom stereocenters. The van der Waals surface area contributed by atoms with E-state index in [-0.39, 0.29) is 18.8 Å². The predicted molar refractivity (Wildman–Crippen MR) is 122 cm³/mol. The number of rotatable bonds is 15. The molecule has 14 heteroatoms. The summed E-state index contributed by atoms with van der Waals surface area (Å²) >= 11 is 1.42. The number of aliphatic carboxylic acids is 1. The van der Waals surface area contributed by atoms with Crippen LogP contribution in [0.1, 0.15) is 33.1 Å². The molecule has 0 bridgehead atoms. The number of aliphatic hydroxyl groups excluding tert-OH is 1. The van der Waals surface area contributed by atoms with Gasteiger partial charge >= 0.3 is 5.97 Å². The summed E-state index contributed by atoms with van der Waals surface area (Å²) < 4.78 is 0. The molecule has 11 N–H and O–H groups in total. The molecule has 0 saturated carbocycles.